The molecule has 1 aliphatic heterocycles. The van der Waals surface area contributed by atoms with Crippen molar-refractivity contribution < 1.29 is 44.5 Å². The van der Waals surface area contributed by atoms with Gasteiger partial charge in [0.25, 0.3) is 8.32 Å². The fraction of sp³-hybridized carbons (Fsp3) is 0.406. The van der Waals surface area contributed by atoms with Gasteiger partial charge in [-0.05, 0) is 33.8 Å². The van der Waals surface area contributed by atoms with Gasteiger partial charge < -0.3 is 13.9 Å². The molecule has 0 bridgehead atoms. The lowest BCUT2D eigenvalue weighted by molar-refractivity contribution is -0.175. The van der Waals surface area contributed by atoms with Crippen molar-refractivity contribution in [2.45, 2.75) is 62.0 Å². The molecule has 1 heterocycles. The maximum Gasteiger partial charge on any atom is 0.523 e. The molecule has 1 saturated heterocycles. The van der Waals surface area contributed by atoms with Gasteiger partial charge in [0.05, 0.1) is 12.2 Å². The number of halogens is 3. The largest absolute Gasteiger partial charge is 0.523 e. The maximum atomic E-state index is 13.7. The molecule has 1 fully saturated rings. The lowest BCUT2D eigenvalue weighted by Crippen LogP contribution is -2.68. The molecule has 3 aromatic carbocycles. The molecule has 0 saturated carbocycles. The fourth-order valence-electron chi connectivity index (χ4n) is 5.67. The van der Waals surface area contributed by atoms with E-state index in [1.165, 1.54) is 23.9 Å². The first-order valence-corrected chi connectivity index (χ1v) is 18.9. The number of hydrogen-bond acceptors (Lipinski definition) is 8. The molecule has 13 heteroatoms. The van der Waals surface area contributed by atoms with Crippen LogP contribution in [0.25, 0.3) is 0 Å². The van der Waals surface area contributed by atoms with E-state index in [0.29, 0.717) is 0 Å². The topological polar surface area (TPSA) is 88.1 Å². The van der Waals surface area contributed by atoms with Gasteiger partial charge >= 0.3 is 21.6 Å². The summed E-state index contributed by atoms with van der Waals surface area (Å²) >= 11 is 1.26. The second kappa shape index (κ2) is 14.0. The number of thioether (sulfide) groups is 1. The predicted molar refractivity (Wildman–Crippen MR) is 170 cm³/mol. The second-order valence-corrected chi connectivity index (χ2v) is 18.6. The minimum Gasteiger partial charge on any atom is -0.455 e. The van der Waals surface area contributed by atoms with Crippen molar-refractivity contribution in [1.29, 1.82) is 0 Å². The van der Waals surface area contributed by atoms with Crippen molar-refractivity contribution in [1.82, 2.24) is 0 Å². The van der Waals surface area contributed by atoms with E-state index < -0.39 is 64.6 Å². The molecule has 3 aromatic rings. The average molecular weight is 683 g/mol. The van der Waals surface area contributed by atoms with E-state index in [1.807, 2.05) is 81.4 Å². The van der Waals surface area contributed by atoms with Gasteiger partial charge in [-0.2, -0.15) is 21.6 Å². The molecule has 2 unspecified atom stereocenters. The number of esters is 1. The molecule has 0 amide bonds. The van der Waals surface area contributed by atoms with Crippen LogP contribution in [0.3, 0.4) is 0 Å². The van der Waals surface area contributed by atoms with E-state index in [-0.39, 0.29) is 12.2 Å². The predicted octanol–water partition coefficient (Wildman–Crippen LogP) is 5.75. The smallest absolute Gasteiger partial charge is 0.455 e. The first-order chi connectivity index (χ1) is 21.1. The first-order valence-electron chi connectivity index (χ1n) is 14.3. The minimum absolute atomic E-state index is 0.148. The van der Waals surface area contributed by atoms with Gasteiger partial charge in [0.15, 0.2) is 0 Å². The molecule has 0 N–H and O–H groups in total. The highest BCUT2D eigenvalue weighted by Gasteiger charge is 2.56. The van der Waals surface area contributed by atoms with Gasteiger partial charge in [0, 0.05) is 5.92 Å². The molecular formula is C32H37F3O7S2Si. The van der Waals surface area contributed by atoms with Crippen LogP contribution in [-0.4, -0.2) is 64.8 Å². The average Bonchev–Trinajstić information content (AvgIpc) is 3.00. The van der Waals surface area contributed by atoms with Gasteiger partial charge in [0.1, 0.15) is 23.7 Å². The summed E-state index contributed by atoms with van der Waals surface area (Å²) in [5.74, 6) is -1.58. The Morgan fingerprint density at radius 2 is 1.36 bits per heavy atom. The molecule has 5 atom stereocenters. The van der Waals surface area contributed by atoms with Crippen LogP contribution in [0.1, 0.15) is 38.1 Å². The zero-order valence-electron chi connectivity index (χ0n) is 25.6. The monoisotopic (exact) mass is 682 g/mol. The van der Waals surface area contributed by atoms with Crippen molar-refractivity contribution in [2.24, 2.45) is 5.92 Å². The van der Waals surface area contributed by atoms with E-state index >= 15 is 0 Å². The number of hydrogen-bond donors (Lipinski definition) is 0. The third-order valence-corrected chi connectivity index (χ3v) is 14.9. The number of benzene rings is 3. The van der Waals surface area contributed by atoms with Gasteiger partial charge in [0.2, 0.25) is 0 Å². The van der Waals surface area contributed by atoms with Gasteiger partial charge in [-0.3, -0.25) is 4.18 Å². The highest BCUT2D eigenvalue weighted by Crippen LogP contribution is 2.41. The van der Waals surface area contributed by atoms with E-state index in [4.69, 9.17) is 18.1 Å². The SMILES string of the molecule is CS[C@@H]1OC(CO[Si](c2ccccc2)(c2ccccc2)C(C)(C)C)[C@H](OS(=O)(=O)C(F)(F)F)[C@H](OC(=O)c2ccccc2)C1C. The Bertz CT molecular complexity index is 1480. The van der Waals surface area contributed by atoms with E-state index in [9.17, 15) is 26.4 Å². The molecule has 4 rings (SSSR count). The van der Waals surface area contributed by atoms with Crippen LogP contribution >= 0.6 is 11.8 Å². The maximum absolute atomic E-state index is 13.7. The Morgan fingerprint density at radius 3 is 1.80 bits per heavy atom. The van der Waals surface area contributed by atoms with E-state index in [0.717, 1.165) is 10.4 Å². The van der Waals surface area contributed by atoms with E-state index in [2.05, 4.69) is 0 Å². The molecular weight excluding hydrogens is 646 g/mol. The Morgan fingerprint density at radius 1 is 0.867 bits per heavy atom. The lowest BCUT2D eigenvalue weighted by Gasteiger charge is -2.47. The normalized spacial score (nSPS) is 23.0. The third-order valence-electron chi connectivity index (χ3n) is 7.83. The standard InChI is InChI=1S/C32H37F3O7S2Si/c1-22-27(41-29(36)23-15-9-6-10-16-23)28(42-44(37,38)32(33,34)35)26(40-30(22)43-5)21-39-45(31(2,3)4,24-17-11-7-12-18-24)25-19-13-8-14-20-25/h6-20,22,26-28,30H,21H2,1-5H3/t22?,26?,27-,28+,30+/m1/s1. The van der Waals surface area contributed by atoms with Gasteiger partial charge in [-0.1, -0.05) is 107 Å². The molecule has 0 aliphatic carbocycles. The number of carbonyl (C=O) groups is 1. The molecule has 244 valence electrons. The van der Waals surface area contributed by atoms with E-state index in [1.54, 1.807) is 31.4 Å². The van der Waals surface area contributed by atoms with Crippen LogP contribution in [0.2, 0.25) is 5.04 Å². The Kier molecular flexibility index (Phi) is 10.9. The van der Waals surface area contributed by atoms with Gasteiger partial charge in [-0.15, -0.1) is 11.8 Å². The van der Waals surface area contributed by atoms with Gasteiger partial charge in [-0.25, -0.2) is 4.79 Å². The van der Waals surface area contributed by atoms with Crippen LogP contribution < -0.4 is 10.4 Å². The number of carbonyl (C=O) groups excluding carboxylic acids is 1. The lowest BCUT2D eigenvalue weighted by atomic mass is 9.93. The fourth-order valence-corrected chi connectivity index (χ4v) is 11.7. The van der Waals surface area contributed by atoms with Crippen LogP contribution in [0.4, 0.5) is 13.2 Å². The Balaban J connectivity index is 1.80. The van der Waals surface area contributed by atoms with Crippen LogP contribution in [0.5, 0.6) is 0 Å². The highest BCUT2D eigenvalue weighted by molar-refractivity contribution is 7.99. The summed E-state index contributed by atoms with van der Waals surface area (Å²) in [5.41, 5.74) is -6.25. The quantitative estimate of drug-likeness (QED) is 0.116. The Labute approximate surface area is 267 Å². The Hall–Kier alpha value is -2.68. The summed E-state index contributed by atoms with van der Waals surface area (Å²) in [6, 6.07) is 27.0. The minimum atomic E-state index is -6.12. The summed E-state index contributed by atoms with van der Waals surface area (Å²) in [4.78, 5) is 13.2. The zero-order valence-corrected chi connectivity index (χ0v) is 28.2. The molecule has 0 radical (unpaired) electrons. The molecule has 7 nitrogen and oxygen atoms in total. The summed E-state index contributed by atoms with van der Waals surface area (Å²) < 4.78 is 89.8. The van der Waals surface area contributed by atoms with Crippen molar-refractivity contribution >= 4 is 46.5 Å². The summed E-state index contributed by atoms with van der Waals surface area (Å²) in [6.07, 6.45) is -2.90. The summed E-state index contributed by atoms with van der Waals surface area (Å²) in [7, 11) is -9.36. The molecule has 0 spiro atoms. The van der Waals surface area contributed by atoms with Crippen molar-refractivity contribution in [3.63, 3.8) is 0 Å². The first kappa shape index (κ1) is 35.2. The van der Waals surface area contributed by atoms with Crippen molar-refractivity contribution in [3.8, 4) is 0 Å². The summed E-state index contributed by atoms with van der Waals surface area (Å²) in [6.45, 7) is 7.36. The highest BCUT2D eigenvalue weighted by atomic mass is 32.2. The zero-order chi connectivity index (χ0) is 33.0. The second-order valence-electron chi connectivity index (χ2n) is 11.8. The van der Waals surface area contributed by atoms with Crippen LogP contribution in [0, 0.1) is 5.92 Å². The molecule has 0 aromatic heterocycles. The third kappa shape index (κ3) is 7.49. The van der Waals surface area contributed by atoms with Crippen molar-refractivity contribution in [3.05, 3.63) is 96.6 Å². The van der Waals surface area contributed by atoms with Crippen molar-refractivity contribution in [2.75, 3.05) is 12.9 Å². The summed E-state index contributed by atoms with van der Waals surface area (Å²) in [5, 5.41) is 1.31. The van der Waals surface area contributed by atoms with Crippen LogP contribution in [-0.2, 0) is 28.2 Å². The van der Waals surface area contributed by atoms with Crippen LogP contribution in [0.15, 0.2) is 91.0 Å². The number of alkyl halides is 3. The number of ether oxygens (including phenoxy) is 2. The number of rotatable bonds is 10. The molecule has 1 aliphatic rings. The molecule has 45 heavy (non-hydrogen) atoms.